The van der Waals surface area contributed by atoms with Crippen molar-refractivity contribution in [2.45, 2.75) is 39.8 Å². The summed E-state index contributed by atoms with van der Waals surface area (Å²) in [7, 11) is 0. The van der Waals surface area contributed by atoms with Crippen LogP contribution in [0.4, 0.5) is 10.1 Å². The van der Waals surface area contributed by atoms with Crippen molar-refractivity contribution >= 4 is 11.5 Å². The van der Waals surface area contributed by atoms with Crippen molar-refractivity contribution in [3.8, 4) is 0 Å². The molecule has 8 nitrogen and oxygen atoms in total. The van der Waals surface area contributed by atoms with Gasteiger partial charge >= 0.3 is 5.84 Å². The van der Waals surface area contributed by atoms with Gasteiger partial charge in [-0.2, -0.15) is 10.2 Å². The average Bonchev–Trinajstić information content (AvgIpc) is 2.69. The molecule has 2 aromatic rings. The third-order valence-electron chi connectivity index (χ3n) is 5.29. The van der Waals surface area contributed by atoms with Crippen LogP contribution in [0.2, 0.25) is 0 Å². The monoisotopic (exact) mass is 413 g/mol. The molecular weight excluding hydrogens is 383 g/mol. The molecule has 1 aromatic carbocycles. The van der Waals surface area contributed by atoms with E-state index in [2.05, 4.69) is 51.1 Å². The van der Waals surface area contributed by atoms with E-state index in [0.717, 1.165) is 49.5 Å². The minimum Gasteiger partial charge on any atom is -0.368 e. The second kappa shape index (κ2) is 9.71. The number of halogens is 1. The molecule has 1 fully saturated rings. The fourth-order valence-corrected chi connectivity index (χ4v) is 3.93. The number of nitrogens with zero attached hydrogens (tertiary/aromatic N) is 6. The van der Waals surface area contributed by atoms with Crippen LogP contribution in [0, 0.1) is 11.7 Å². The van der Waals surface area contributed by atoms with Crippen molar-refractivity contribution in [3.63, 3.8) is 0 Å². The Morgan fingerprint density at radius 3 is 2.80 bits per heavy atom. The first-order valence-corrected chi connectivity index (χ1v) is 10.2. The molecule has 0 spiro atoms. The molecule has 3 rings (SSSR count). The van der Waals surface area contributed by atoms with Crippen molar-refractivity contribution in [3.05, 3.63) is 53.1 Å². The van der Waals surface area contributed by atoms with Crippen molar-refractivity contribution in [2.24, 2.45) is 22.1 Å². The molecule has 1 aliphatic rings. The first-order valence-electron chi connectivity index (χ1n) is 10.2. The lowest BCUT2D eigenvalue weighted by molar-refractivity contribution is -0.114. The zero-order valence-corrected chi connectivity index (χ0v) is 17.8. The van der Waals surface area contributed by atoms with Gasteiger partial charge < -0.3 is 4.90 Å². The zero-order chi connectivity index (χ0) is 21.7. The highest BCUT2D eigenvalue weighted by Crippen LogP contribution is 2.29. The van der Waals surface area contributed by atoms with E-state index in [-0.39, 0.29) is 17.4 Å². The smallest absolute Gasteiger partial charge is 0.356 e. The summed E-state index contributed by atoms with van der Waals surface area (Å²) >= 11 is 0. The molecule has 0 unspecified atom stereocenters. The number of hydrogen-bond acceptors (Lipinski definition) is 5. The van der Waals surface area contributed by atoms with Gasteiger partial charge in [0.25, 0.3) is 0 Å². The van der Waals surface area contributed by atoms with Gasteiger partial charge in [0.2, 0.25) is 0 Å². The molecule has 0 saturated carbocycles. The van der Waals surface area contributed by atoms with Crippen molar-refractivity contribution in [1.82, 2.24) is 15.1 Å². The highest BCUT2D eigenvalue weighted by Gasteiger charge is 2.30. The van der Waals surface area contributed by atoms with Crippen LogP contribution < -0.4 is 16.2 Å². The summed E-state index contributed by atoms with van der Waals surface area (Å²) in [4.78, 5) is 4.51. The highest BCUT2D eigenvalue weighted by molar-refractivity contribution is 6.00. The van der Waals surface area contributed by atoms with Crippen LogP contribution in [0.3, 0.4) is 0 Å². The molecule has 160 valence electrons. The Morgan fingerprint density at radius 1 is 1.37 bits per heavy atom. The summed E-state index contributed by atoms with van der Waals surface area (Å²) in [5.74, 6) is 5.15. The number of anilines is 1. The van der Waals surface area contributed by atoms with Crippen LogP contribution in [0.15, 0.2) is 40.8 Å². The Bertz CT molecular complexity index is 899. The van der Waals surface area contributed by atoms with Gasteiger partial charge in [-0.25, -0.2) is 4.39 Å². The maximum atomic E-state index is 15.1. The fourth-order valence-electron chi connectivity index (χ4n) is 3.93. The molecule has 0 bridgehead atoms. The van der Waals surface area contributed by atoms with Crippen LogP contribution in [-0.4, -0.2) is 46.6 Å². The molecule has 2 heterocycles. The van der Waals surface area contributed by atoms with Gasteiger partial charge in [0, 0.05) is 43.6 Å². The minimum atomic E-state index is -0.400. The molecule has 4 N–H and O–H groups in total. The molecule has 1 aliphatic heterocycles. The molecule has 9 heteroatoms. The third-order valence-corrected chi connectivity index (χ3v) is 5.29. The van der Waals surface area contributed by atoms with E-state index < -0.39 is 5.82 Å². The highest BCUT2D eigenvalue weighted by atomic mass is 19.1. The van der Waals surface area contributed by atoms with E-state index in [1.807, 2.05) is 18.2 Å². The maximum Gasteiger partial charge on any atom is 0.356 e. The zero-order valence-electron chi connectivity index (χ0n) is 17.8. The van der Waals surface area contributed by atoms with E-state index in [0.29, 0.717) is 5.92 Å². The van der Waals surface area contributed by atoms with Crippen LogP contribution in [0.1, 0.15) is 37.6 Å². The summed E-state index contributed by atoms with van der Waals surface area (Å²) in [5, 5.41) is 21.1. The van der Waals surface area contributed by atoms with Gasteiger partial charge in [-0.1, -0.05) is 13.8 Å². The Morgan fingerprint density at radius 2 is 2.17 bits per heavy atom. The van der Waals surface area contributed by atoms with Crippen molar-refractivity contribution in [2.75, 3.05) is 24.5 Å². The summed E-state index contributed by atoms with van der Waals surface area (Å²) in [6, 6.07) is 7.65. The molecule has 0 amide bonds. The van der Waals surface area contributed by atoms with E-state index in [4.69, 9.17) is 11.3 Å². The Balaban J connectivity index is 1.86. The van der Waals surface area contributed by atoms with Gasteiger partial charge in [-0.05, 0) is 49.1 Å². The molecule has 1 saturated heterocycles. The first-order chi connectivity index (χ1) is 14.4. The van der Waals surface area contributed by atoms with Crippen LogP contribution in [-0.2, 0) is 13.0 Å². The molecule has 1 atom stereocenters. The topological polar surface area (TPSA) is 109 Å². The molecule has 30 heavy (non-hydrogen) atoms. The van der Waals surface area contributed by atoms with E-state index in [1.54, 1.807) is 6.20 Å². The van der Waals surface area contributed by atoms with E-state index in [1.165, 1.54) is 6.07 Å². The van der Waals surface area contributed by atoms with Crippen molar-refractivity contribution in [1.29, 1.82) is 0 Å². The number of piperazine rings is 1. The lowest BCUT2D eigenvalue weighted by atomic mass is 9.98. The first kappa shape index (κ1) is 21.8. The van der Waals surface area contributed by atoms with Gasteiger partial charge in [-0.15, -0.1) is 0 Å². The Kier molecular flexibility index (Phi) is 7.04. The summed E-state index contributed by atoms with van der Waals surface area (Å²) in [6.07, 6.45) is 2.45. The third kappa shape index (κ3) is 5.15. The predicted octanol–water partition coefficient (Wildman–Crippen LogP) is 1.36. The van der Waals surface area contributed by atoms with Gasteiger partial charge in [-0.3, -0.25) is 16.2 Å². The number of rotatable bonds is 6. The number of benzene rings is 1. The predicted molar refractivity (Wildman–Crippen MR) is 114 cm³/mol. The lowest BCUT2D eigenvalue weighted by Gasteiger charge is -2.41. The molecule has 0 aliphatic carbocycles. The van der Waals surface area contributed by atoms with Gasteiger partial charge in [0.05, 0.1) is 16.5 Å². The van der Waals surface area contributed by atoms with Crippen LogP contribution in [0.5, 0.6) is 0 Å². The summed E-state index contributed by atoms with van der Waals surface area (Å²) in [5.41, 5.74) is 2.87. The number of hydrogen-bond donors (Lipinski definition) is 2. The number of amidine groups is 1. The largest absolute Gasteiger partial charge is 0.368 e. The maximum absolute atomic E-state index is 15.1. The second-order valence-electron chi connectivity index (χ2n) is 8.15. The van der Waals surface area contributed by atoms with Gasteiger partial charge in [0.1, 0.15) is 11.4 Å². The average molecular weight is 414 g/mol. The standard InChI is InChI=1S/C21H29FN8/c1-14(2)9-16-10-18(22)20(21(23)27-28-24)19(11-16)30-8-7-29(15(3)12-30)13-17-5-4-6-25-26-17/h4-6,10-11,14-15H,7-9,12-13H2,1-3H3,(H3,23,24,27)/p+1/t15-/m0/s1. The summed E-state index contributed by atoms with van der Waals surface area (Å²) in [6.45, 7) is 9.38. The van der Waals surface area contributed by atoms with E-state index in [9.17, 15) is 0 Å². The fraction of sp³-hybridized carbons (Fsp3) is 0.476. The van der Waals surface area contributed by atoms with Crippen LogP contribution in [0.25, 0.3) is 0 Å². The molecular formula is C21H30FN8+. The summed E-state index contributed by atoms with van der Waals surface area (Å²) < 4.78 is 15.1. The number of aromatic nitrogens is 2. The number of nitrogens with two attached hydrogens (primary N) is 2. The van der Waals surface area contributed by atoms with E-state index >= 15 is 4.39 Å². The quantitative estimate of drug-likeness (QED) is 0.244. The Hall–Kier alpha value is -2.94. The second-order valence-corrected chi connectivity index (χ2v) is 8.15. The van der Waals surface area contributed by atoms with Crippen LogP contribution >= 0.6 is 0 Å². The SMILES string of the molecule is CC(C)Cc1cc(F)c(C(=[NH2+])N=NN)c(N2CCN(Cc3cccnn3)[C@@H](C)C2)c1. The normalized spacial score (nSPS) is 17.8. The lowest BCUT2D eigenvalue weighted by Crippen LogP contribution is -2.52. The minimum absolute atomic E-state index is 0.0178. The van der Waals surface area contributed by atoms with Crippen molar-refractivity contribution < 1.29 is 9.80 Å². The molecule has 1 aromatic heterocycles. The van der Waals surface area contributed by atoms with Gasteiger partial charge in [0.15, 0.2) is 0 Å². The Labute approximate surface area is 176 Å². The molecule has 0 radical (unpaired) electrons.